The summed E-state index contributed by atoms with van der Waals surface area (Å²) in [5.74, 6) is 1.06. The third-order valence-electron chi connectivity index (χ3n) is 3.66. The van der Waals surface area contributed by atoms with Crippen molar-refractivity contribution in [1.29, 1.82) is 0 Å². The average molecular weight is 260 g/mol. The summed E-state index contributed by atoms with van der Waals surface area (Å²) in [6, 6.07) is 0. The second-order valence-electron chi connectivity index (χ2n) is 5.85. The molecular weight excluding hydrogens is 234 g/mol. The van der Waals surface area contributed by atoms with Gasteiger partial charge in [0.05, 0.1) is 0 Å². The monoisotopic (exact) mass is 259 g/mol. The van der Waals surface area contributed by atoms with E-state index in [1.165, 1.54) is 32.1 Å². The van der Waals surface area contributed by atoms with Crippen LogP contribution in [0.2, 0.25) is 0 Å². The molecule has 0 aromatic heterocycles. The van der Waals surface area contributed by atoms with Crippen molar-refractivity contribution in [2.24, 2.45) is 5.92 Å². The van der Waals surface area contributed by atoms with Crippen LogP contribution in [0, 0.1) is 5.92 Å². The van der Waals surface area contributed by atoms with Crippen LogP contribution < -0.4 is 5.32 Å². The maximum atomic E-state index is 12.2. The first-order valence-corrected chi connectivity index (χ1v) is 7.46. The van der Waals surface area contributed by atoms with Crippen molar-refractivity contribution in [2.45, 2.75) is 70.8 Å². The van der Waals surface area contributed by atoms with Crippen molar-refractivity contribution < 1.29 is 4.79 Å². The number of amides is 1. The average Bonchev–Trinajstić information content (AvgIpc) is 2.14. The number of carbonyl (C=O) groups excluding carboxylic acids is 1. The van der Waals surface area contributed by atoms with Crippen LogP contribution in [0.3, 0.4) is 0 Å². The maximum Gasteiger partial charge on any atom is 0.223 e. The van der Waals surface area contributed by atoms with Crippen molar-refractivity contribution in [3.8, 4) is 0 Å². The van der Waals surface area contributed by atoms with E-state index in [2.05, 4.69) is 19.2 Å². The van der Waals surface area contributed by atoms with E-state index in [1.807, 2.05) is 0 Å². The molecule has 1 amide bonds. The van der Waals surface area contributed by atoms with Crippen LogP contribution in [0.5, 0.6) is 0 Å². The van der Waals surface area contributed by atoms with Crippen molar-refractivity contribution in [3.63, 3.8) is 0 Å². The Bertz CT molecular complexity index is 232. The van der Waals surface area contributed by atoms with Crippen molar-refractivity contribution in [1.82, 2.24) is 5.32 Å². The van der Waals surface area contributed by atoms with Crippen molar-refractivity contribution >= 4 is 17.5 Å². The number of carbonyl (C=O) groups is 1. The Labute approximate surface area is 110 Å². The van der Waals surface area contributed by atoms with E-state index in [0.717, 1.165) is 19.3 Å². The lowest BCUT2D eigenvalue weighted by molar-refractivity contribution is -0.127. The molecule has 0 bridgehead atoms. The molecule has 1 aliphatic carbocycles. The van der Waals surface area contributed by atoms with E-state index in [4.69, 9.17) is 11.6 Å². The van der Waals surface area contributed by atoms with Gasteiger partial charge in [-0.2, -0.15) is 0 Å². The summed E-state index contributed by atoms with van der Waals surface area (Å²) in [5.41, 5.74) is -0.165. The Morgan fingerprint density at radius 2 is 1.71 bits per heavy atom. The van der Waals surface area contributed by atoms with Crippen LogP contribution in [0.1, 0.15) is 65.2 Å². The molecule has 100 valence electrons. The van der Waals surface area contributed by atoms with Gasteiger partial charge in [0.1, 0.15) is 0 Å². The number of alkyl halides is 1. The molecule has 0 heterocycles. The Balaban J connectivity index is 2.44. The highest BCUT2D eigenvalue weighted by Crippen LogP contribution is 2.23. The Morgan fingerprint density at radius 1 is 1.18 bits per heavy atom. The molecule has 0 spiro atoms. The second kappa shape index (κ2) is 7.25. The van der Waals surface area contributed by atoms with Crippen molar-refractivity contribution in [2.75, 3.05) is 5.88 Å². The van der Waals surface area contributed by atoms with Gasteiger partial charge in [-0.25, -0.2) is 0 Å². The number of hydrogen-bond acceptors (Lipinski definition) is 1. The lowest BCUT2D eigenvalue weighted by atomic mass is 9.89. The molecule has 1 N–H and O–H groups in total. The van der Waals surface area contributed by atoms with Gasteiger partial charge in [-0.15, -0.1) is 11.6 Å². The van der Waals surface area contributed by atoms with Crippen LogP contribution in [-0.2, 0) is 4.79 Å². The van der Waals surface area contributed by atoms with E-state index in [9.17, 15) is 4.79 Å². The van der Waals surface area contributed by atoms with Gasteiger partial charge >= 0.3 is 0 Å². The smallest absolute Gasteiger partial charge is 0.223 e. The molecule has 1 rings (SSSR count). The molecular formula is C14H26ClNO. The summed E-state index contributed by atoms with van der Waals surface area (Å²) in [6.07, 6.45) is 9.26. The minimum absolute atomic E-state index is 0.165. The maximum absolute atomic E-state index is 12.2. The largest absolute Gasteiger partial charge is 0.351 e. The highest BCUT2D eigenvalue weighted by atomic mass is 35.5. The first-order valence-electron chi connectivity index (χ1n) is 6.93. The molecule has 2 nitrogen and oxygen atoms in total. The molecule has 0 aromatic carbocycles. The molecule has 0 saturated heterocycles. The normalized spacial score (nSPS) is 19.5. The lowest BCUT2D eigenvalue weighted by Crippen LogP contribution is -2.46. The Hall–Kier alpha value is -0.240. The summed E-state index contributed by atoms with van der Waals surface area (Å²) >= 11 is 5.75. The van der Waals surface area contributed by atoms with Gasteiger partial charge < -0.3 is 5.32 Å². The zero-order valence-electron chi connectivity index (χ0n) is 11.2. The predicted octanol–water partition coefficient (Wildman–Crippen LogP) is 3.87. The van der Waals surface area contributed by atoms with Crippen LogP contribution in [0.15, 0.2) is 0 Å². The third-order valence-corrected chi connectivity index (χ3v) is 3.85. The summed E-state index contributed by atoms with van der Waals surface area (Å²) in [6.45, 7) is 4.10. The Morgan fingerprint density at radius 3 is 2.24 bits per heavy atom. The molecule has 0 unspecified atom stereocenters. The van der Waals surface area contributed by atoms with Gasteiger partial charge in [0.15, 0.2) is 0 Å². The highest BCUT2D eigenvalue weighted by molar-refractivity contribution is 6.17. The first kappa shape index (κ1) is 14.8. The van der Waals surface area contributed by atoms with Crippen LogP contribution in [0.25, 0.3) is 0 Å². The molecule has 17 heavy (non-hydrogen) atoms. The van der Waals surface area contributed by atoms with Gasteiger partial charge in [0.25, 0.3) is 0 Å². The van der Waals surface area contributed by atoms with Gasteiger partial charge in [0.2, 0.25) is 5.91 Å². The molecule has 0 radical (unpaired) electrons. The highest BCUT2D eigenvalue weighted by Gasteiger charge is 2.25. The number of hydrogen-bond donors (Lipinski definition) is 1. The van der Waals surface area contributed by atoms with Gasteiger partial charge in [-0.05, 0) is 33.1 Å². The zero-order valence-corrected chi connectivity index (χ0v) is 12.0. The summed E-state index contributed by atoms with van der Waals surface area (Å²) < 4.78 is 0. The molecule has 0 aromatic rings. The van der Waals surface area contributed by atoms with E-state index < -0.39 is 0 Å². The molecule has 3 heteroatoms. The first-order chi connectivity index (χ1) is 8.05. The quantitative estimate of drug-likeness (QED) is 0.763. The van der Waals surface area contributed by atoms with Crippen LogP contribution in [0.4, 0.5) is 0 Å². The van der Waals surface area contributed by atoms with Crippen LogP contribution >= 0.6 is 11.6 Å². The number of halogens is 1. The van der Waals surface area contributed by atoms with E-state index >= 15 is 0 Å². The minimum Gasteiger partial charge on any atom is -0.351 e. The predicted molar refractivity (Wildman–Crippen MR) is 73.4 cm³/mol. The minimum atomic E-state index is -0.165. The number of nitrogens with one attached hydrogen (secondary N) is 1. The summed E-state index contributed by atoms with van der Waals surface area (Å²) in [4.78, 5) is 12.2. The molecule has 0 aliphatic heterocycles. The van der Waals surface area contributed by atoms with Gasteiger partial charge in [0, 0.05) is 17.3 Å². The zero-order chi connectivity index (χ0) is 12.7. The topological polar surface area (TPSA) is 29.1 Å². The van der Waals surface area contributed by atoms with Crippen LogP contribution in [-0.4, -0.2) is 17.3 Å². The van der Waals surface area contributed by atoms with E-state index in [-0.39, 0.29) is 17.4 Å². The molecule has 1 saturated carbocycles. The third kappa shape index (κ3) is 5.76. The fourth-order valence-electron chi connectivity index (χ4n) is 2.45. The van der Waals surface area contributed by atoms with Gasteiger partial charge in [-0.1, -0.05) is 32.1 Å². The standard InChI is InChI=1S/C14H26ClNO/c1-14(2,10-11-15)16-13(17)12-8-6-4-3-5-7-9-12/h12H,3-11H2,1-2H3,(H,16,17). The summed E-state index contributed by atoms with van der Waals surface area (Å²) in [7, 11) is 0. The molecule has 1 aliphatic rings. The molecule has 0 atom stereocenters. The molecule has 1 fully saturated rings. The fraction of sp³-hybridized carbons (Fsp3) is 0.929. The van der Waals surface area contributed by atoms with Crippen molar-refractivity contribution in [3.05, 3.63) is 0 Å². The Kier molecular flexibility index (Phi) is 6.32. The fourth-order valence-corrected chi connectivity index (χ4v) is 2.93. The SMILES string of the molecule is CC(C)(CCCl)NC(=O)C1CCCCCCC1. The second-order valence-corrected chi connectivity index (χ2v) is 6.23. The summed E-state index contributed by atoms with van der Waals surface area (Å²) in [5, 5.41) is 3.15. The van der Waals surface area contributed by atoms with E-state index in [1.54, 1.807) is 0 Å². The number of rotatable bonds is 4. The van der Waals surface area contributed by atoms with Gasteiger partial charge in [-0.3, -0.25) is 4.79 Å². The van der Waals surface area contributed by atoms with E-state index in [0.29, 0.717) is 5.88 Å². The lowest BCUT2D eigenvalue weighted by Gasteiger charge is -2.29.